The van der Waals surface area contributed by atoms with Gasteiger partial charge in [0.05, 0.1) is 6.04 Å². The predicted octanol–water partition coefficient (Wildman–Crippen LogP) is 2.69. The van der Waals surface area contributed by atoms with Crippen LogP contribution in [0.25, 0.3) is 0 Å². The van der Waals surface area contributed by atoms with Crippen LogP contribution in [0.4, 0.5) is 4.79 Å². The molecule has 1 aromatic heterocycles. The zero-order chi connectivity index (χ0) is 31.2. The molecule has 0 saturated carbocycles. The predicted molar refractivity (Wildman–Crippen MR) is 143 cm³/mol. The monoisotopic (exact) mass is 593 g/mol. The fourth-order valence-electron chi connectivity index (χ4n) is 5.13. The van der Waals surface area contributed by atoms with E-state index < -0.39 is 66.2 Å². The van der Waals surface area contributed by atoms with Crippen molar-refractivity contribution in [2.45, 2.75) is 110 Å². The molecule has 0 bridgehead atoms. The zero-order valence-electron chi connectivity index (χ0n) is 25.2. The number of aromatic nitrogens is 1. The summed E-state index contributed by atoms with van der Waals surface area (Å²) in [5.74, 6) is -2.71. The summed E-state index contributed by atoms with van der Waals surface area (Å²) in [7, 11) is 0. The number of piperidine rings is 1. The Morgan fingerprint density at radius 3 is 2.12 bits per heavy atom. The van der Waals surface area contributed by atoms with Crippen LogP contribution < -0.4 is 4.57 Å². The Labute approximate surface area is 245 Å². The van der Waals surface area contributed by atoms with Gasteiger partial charge < -0.3 is 33.3 Å². The summed E-state index contributed by atoms with van der Waals surface area (Å²) in [6, 6.07) is 3.33. The molecule has 0 radical (unpaired) electrons. The highest BCUT2D eigenvalue weighted by atomic mass is 16.7. The highest BCUT2D eigenvalue weighted by Crippen LogP contribution is 2.34. The standard InChI is InChI=1S/C29H41N2O11/c1-17(32)37-16-23-24(38-18(2)33)25(39-19(3)34)26(40-20(4)35)27(41-23)30-13-10-11-21(15-30)22-12-8-9-14-31(22)28(36)42-29(5,6)7/h10-11,13,15,22-27H,8-9,12,14,16H2,1-7H3/q+1/t22-,23-,24-,25+,26-,27+/m1/s1. The molecule has 0 unspecified atom stereocenters. The third-order valence-corrected chi connectivity index (χ3v) is 6.62. The van der Waals surface area contributed by atoms with Gasteiger partial charge in [0.1, 0.15) is 18.3 Å². The first kappa shape index (κ1) is 32.8. The first-order chi connectivity index (χ1) is 19.7. The Morgan fingerprint density at radius 1 is 0.905 bits per heavy atom. The molecule has 1 amide bonds. The number of esters is 4. The largest absolute Gasteiger partial charge is 0.463 e. The van der Waals surface area contributed by atoms with Gasteiger partial charge in [-0.2, -0.15) is 4.57 Å². The van der Waals surface area contributed by atoms with E-state index in [-0.39, 0.29) is 12.6 Å². The summed E-state index contributed by atoms with van der Waals surface area (Å²) in [6.45, 7) is 10.4. The molecule has 0 N–H and O–H groups in total. The lowest BCUT2D eigenvalue weighted by molar-refractivity contribution is -0.778. The van der Waals surface area contributed by atoms with Gasteiger partial charge >= 0.3 is 36.2 Å². The van der Waals surface area contributed by atoms with E-state index in [0.29, 0.717) is 13.0 Å². The first-order valence-corrected chi connectivity index (χ1v) is 14.0. The van der Waals surface area contributed by atoms with E-state index in [1.807, 2.05) is 26.8 Å². The van der Waals surface area contributed by atoms with E-state index in [0.717, 1.165) is 18.4 Å². The second kappa shape index (κ2) is 14.0. The normalized spacial score (nSPS) is 26.0. The molecule has 3 rings (SSSR count). The van der Waals surface area contributed by atoms with Gasteiger partial charge in [0.25, 0.3) is 0 Å². The number of carbonyl (C=O) groups excluding carboxylic acids is 5. The van der Waals surface area contributed by atoms with E-state index in [1.54, 1.807) is 27.9 Å². The van der Waals surface area contributed by atoms with Gasteiger partial charge in [0.15, 0.2) is 24.6 Å². The van der Waals surface area contributed by atoms with Crippen molar-refractivity contribution in [3.63, 3.8) is 0 Å². The van der Waals surface area contributed by atoms with Crippen LogP contribution in [-0.4, -0.2) is 78.0 Å². The van der Waals surface area contributed by atoms with E-state index in [2.05, 4.69) is 0 Å². The van der Waals surface area contributed by atoms with Crippen LogP contribution in [0.3, 0.4) is 0 Å². The topological polar surface area (TPSA) is 148 Å². The average Bonchev–Trinajstić information content (AvgIpc) is 2.88. The highest BCUT2D eigenvalue weighted by Gasteiger charge is 2.56. The quantitative estimate of drug-likeness (QED) is 0.261. The minimum atomic E-state index is -1.29. The van der Waals surface area contributed by atoms with Crippen molar-refractivity contribution in [2.75, 3.05) is 13.2 Å². The minimum absolute atomic E-state index is 0.299. The molecule has 2 aliphatic rings. The van der Waals surface area contributed by atoms with Crippen molar-refractivity contribution in [3.8, 4) is 0 Å². The molecule has 232 valence electrons. The number of rotatable bonds is 7. The van der Waals surface area contributed by atoms with Crippen molar-refractivity contribution in [1.82, 2.24) is 4.90 Å². The zero-order valence-corrected chi connectivity index (χ0v) is 25.2. The number of likely N-dealkylation sites (tertiary alicyclic amines) is 1. The van der Waals surface area contributed by atoms with Crippen molar-refractivity contribution in [2.24, 2.45) is 0 Å². The molecule has 1 aromatic rings. The maximum Gasteiger partial charge on any atom is 0.410 e. The van der Waals surface area contributed by atoms with Gasteiger partial charge in [-0.25, -0.2) is 4.79 Å². The lowest BCUT2D eigenvalue weighted by atomic mass is 9.95. The smallest absolute Gasteiger partial charge is 0.410 e. The van der Waals surface area contributed by atoms with Crippen molar-refractivity contribution in [1.29, 1.82) is 0 Å². The van der Waals surface area contributed by atoms with Crippen molar-refractivity contribution in [3.05, 3.63) is 30.1 Å². The molecule has 2 saturated heterocycles. The fourth-order valence-corrected chi connectivity index (χ4v) is 5.13. The van der Waals surface area contributed by atoms with E-state index in [9.17, 15) is 24.0 Å². The Hall–Kier alpha value is -3.74. The number of ether oxygens (including phenoxy) is 6. The molecule has 2 aliphatic heterocycles. The summed E-state index contributed by atoms with van der Waals surface area (Å²) in [5.41, 5.74) is 0.111. The molecule has 13 nitrogen and oxygen atoms in total. The van der Waals surface area contributed by atoms with Gasteiger partial charge in [0.2, 0.25) is 6.10 Å². The van der Waals surface area contributed by atoms with Gasteiger partial charge in [-0.15, -0.1) is 0 Å². The van der Waals surface area contributed by atoms with Crippen LogP contribution >= 0.6 is 0 Å². The molecule has 0 aromatic carbocycles. The molecule has 3 heterocycles. The molecule has 0 aliphatic carbocycles. The Balaban J connectivity index is 2.05. The van der Waals surface area contributed by atoms with Gasteiger partial charge in [-0.3, -0.25) is 19.2 Å². The number of hydrogen-bond acceptors (Lipinski definition) is 11. The third kappa shape index (κ3) is 8.88. The lowest BCUT2D eigenvalue weighted by Gasteiger charge is -2.42. The summed E-state index contributed by atoms with van der Waals surface area (Å²) in [5, 5.41) is 0. The van der Waals surface area contributed by atoms with Crippen molar-refractivity contribution < 1.29 is 57.0 Å². The maximum absolute atomic E-state index is 13.1. The number of nitrogens with zero attached hydrogens (tertiary/aromatic N) is 2. The molecular formula is C29H41N2O11+. The summed E-state index contributed by atoms with van der Waals surface area (Å²) >= 11 is 0. The second-order valence-electron chi connectivity index (χ2n) is 11.4. The molecule has 6 atom stereocenters. The van der Waals surface area contributed by atoms with Crippen LogP contribution in [0.15, 0.2) is 24.5 Å². The molecule has 13 heteroatoms. The number of amides is 1. The van der Waals surface area contributed by atoms with Crippen LogP contribution in [0.2, 0.25) is 0 Å². The maximum atomic E-state index is 13.1. The van der Waals surface area contributed by atoms with Crippen LogP contribution in [0, 0.1) is 0 Å². The molecule has 0 spiro atoms. The van der Waals surface area contributed by atoms with E-state index in [1.165, 1.54) is 27.7 Å². The summed E-state index contributed by atoms with van der Waals surface area (Å²) in [4.78, 5) is 62.8. The Bertz CT molecular complexity index is 1160. The van der Waals surface area contributed by atoms with Gasteiger partial charge in [0, 0.05) is 45.9 Å². The minimum Gasteiger partial charge on any atom is -0.463 e. The van der Waals surface area contributed by atoms with Crippen molar-refractivity contribution >= 4 is 30.0 Å². The Morgan fingerprint density at radius 2 is 1.52 bits per heavy atom. The van der Waals surface area contributed by atoms with E-state index in [4.69, 9.17) is 28.4 Å². The Kier molecular flexibility index (Phi) is 10.9. The van der Waals surface area contributed by atoms with Crippen LogP contribution in [0.5, 0.6) is 0 Å². The summed E-state index contributed by atoms with van der Waals surface area (Å²) < 4.78 is 35.4. The highest BCUT2D eigenvalue weighted by molar-refractivity contribution is 5.69. The number of pyridine rings is 1. The van der Waals surface area contributed by atoms with Gasteiger partial charge in [-0.05, 0) is 46.1 Å². The van der Waals surface area contributed by atoms with Gasteiger partial charge in [-0.1, -0.05) is 0 Å². The van der Waals surface area contributed by atoms with Crippen LogP contribution in [0.1, 0.15) is 85.6 Å². The second-order valence-corrected chi connectivity index (χ2v) is 11.4. The number of hydrogen-bond donors (Lipinski definition) is 0. The van der Waals surface area contributed by atoms with Crippen LogP contribution in [-0.2, 0) is 47.6 Å². The molecular weight excluding hydrogens is 552 g/mol. The SMILES string of the molecule is CC(=O)OC[C@H]1O[C@H]([n+]2cccc([C@H]3CCCCN3C(=O)OC(C)(C)C)c2)[C@H](OC(C)=O)[C@@H](OC(C)=O)[C@@H]1OC(C)=O. The molecule has 42 heavy (non-hydrogen) atoms. The summed E-state index contributed by atoms with van der Waals surface area (Å²) in [6.07, 6.45) is -0.531. The van der Waals surface area contributed by atoms with E-state index >= 15 is 0 Å². The average molecular weight is 594 g/mol. The lowest BCUT2D eigenvalue weighted by Crippen LogP contribution is -2.65. The first-order valence-electron chi connectivity index (χ1n) is 14.0. The number of carbonyl (C=O) groups is 5. The fraction of sp³-hybridized carbons (Fsp3) is 0.655. The molecule has 2 fully saturated rings. The third-order valence-electron chi connectivity index (χ3n) is 6.62.